The summed E-state index contributed by atoms with van der Waals surface area (Å²) < 4.78 is 0. The van der Waals surface area contributed by atoms with E-state index in [2.05, 4.69) is 28.0 Å². The van der Waals surface area contributed by atoms with Crippen LogP contribution in [0.5, 0.6) is 0 Å². The Kier molecular flexibility index (Phi) is 4.04. The third-order valence-corrected chi connectivity index (χ3v) is 5.55. The lowest BCUT2D eigenvalue weighted by molar-refractivity contribution is 0.0711. The van der Waals surface area contributed by atoms with Crippen LogP contribution in [0.25, 0.3) is 0 Å². The second-order valence-corrected chi connectivity index (χ2v) is 7.41. The molecule has 1 atom stereocenters. The van der Waals surface area contributed by atoms with Crippen molar-refractivity contribution in [2.75, 3.05) is 0 Å². The summed E-state index contributed by atoms with van der Waals surface area (Å²) >= 11 is 3.30. The highest BCUT2D eigenvalue weighted by Gasteiger charge is 2.33. The molecule has 3 aromatic rings. The van der Waals surface area contributed by atoms with Gasteiger partial charge in [0.1, 0.15) is 0 Å². The van der Waals surface area contributed by atoms with E-state index in [4.69, 9.17) is 0 Å². The molecule has 0 spiro atoms. The van der Waals surface area contributed by atoms with Gasteiger partial charge in [-0.05, 0) is 58.3 Å². The van der Waals surface area contributed by atoms with Gasteiger partial charge in [-0.25, -0.2) is 5.01 Å². The number of amides is 1. The van der Waals surface area contributed by atoms with Crippen molar-refractivity contribution < 1.29 is 4.79 Å². The molecule has 1 amide bonds. The Morgan fingerprint density at radius 2 is 2.00 bits per heavy atom. The lowest BCUT2D eigenvalue weighted by Gasteiger charge is -2.21. The van der Waals surface area contributed by atoms with Gasteiger partial charge >= 0.3 is 0 Å². The molecular weight excluding hydrogens is 336 g/mol. The monoisotopic (exact) mass is 352 g/mol. The van der Waals surface area contributed by atoms with Gasteiger partial charge in [-0.2, -0.15) is 27.8 Å². The third kappa shape index (κ3) is 2.81. The van der Waals surface area contributed by atoms with Crippen molar-refractivity contribution in [1.82, 2.24) is 5.01 Å². The average molecular weight is 352 g/mol. The van der Waals surface area contributed by atoms with Crippen LogP contribution in [0.3, 0.4) is 0 Å². The van der Waals surface area contributed by atoms with Crippen molar-refractivity contribution in [3.05, 3.63) is 80.2 Å². The molecule has 24 heavy (non-hydrogen) atoms. The van der Waals surface area contributed by atoms with Gasteiger partial charge in [-0.1, -0.05) is 17.7 Å². The summed E-state index contributed by atoms with van der Waals surface area (Å²) in [6.45, 7) is 2.00. The topological polar surface area (TPSA) is 32.7 Å². The SMILES string of the molecule is Cc1cccc(C(=O)N2N=C(c3ccsc3)C[C@@H]2c2ccsc2)c1. The first-order chi connectivity index (χ1) is 11.7. The van der Waals surface area contributed by atoms with Crippen molar-refractivity contribution >= 4 is 34.3 Å². The van der Waals surface area contributed by atoms with Gasteiger partial charge in [0.2, 0.25) is 0 Å². The zero-order valence-electron chi connectivity index (χ0n) is 13.2. The average Bonchev–Trinajstić information content (AvgIpc) is 3.32. The normalized spacial score (nSPS) is 17.1. The standard InChI is InChI=1S/C19H16N2OS2/c1-13-3-2-4-14(9-13)19(22)21-18(16-6-8-24-12-16)10-17(20-21)15-5-7-23-11-15/h2-9,11-12,18H,10H2,1H3/t18-/m1/s1. The van der Waals surface area contributed by atoms with Crippen molar-refractivity contribution in [3.8, 4) is 0 Å². The van der Waals surface area contributed by atoms with Crippen molar-refractivity contribution in [2.24, 2.45) is 5.10 Å². The summed E-state index contributed by atoms with van der Waals surface area (Å²) in [4.78, 5) is 13.0. The highest BCUT2D eigenvalue weighted by molar-refractivity contribution is 7.08. The number of nitrogens with zero attached hydrogens (tertiary/aromatic N) is 2. The zero-order valence-corrected chi connectivity index (χ0v) is 14.8. The van der Waals surface area contributed by atoms with Crippen LogP contribution in [-0.2, 0) is 0 Å². The fourth-order valence-electron chi connectivity index (χ4n) is 2.94. The lowest BCUT2D eigenvalue weighted by atomic mass is 10.0. The Morgan fingerprint density at radius 1 is 1.17 bits per heavy atom. The van der Waals surface area contributed by atoms with E-state index in [1.54, 1.807) is 27.7 Å². The minimum Gasteiger partial charge on any atom is -0.267 e. The van der Waals surface area contributed by atoms with Gasteiger partial charge in [-0.15, -0.1) is 0 Å². The summed E-state index contributed by atoms with van der Waals surface area (Å²) in [5.74, 6) is -0.0415. The van der Waals surface area contributed by atoms with Crippen LogP contribution in [0.1, 0.15) is 39.5 Å². The molecule has 1 aliphatic rings. The second-order valence-electron chi connectivity index (χ2n) is 5.85. The molecule has 0 N–H and O–H groups in total. The zero-order chi connectivity index (χ0) is 16.5. The molecule has 1 aliphatic heterocycles. The molecule has 2 aromatic heterocycles. The molecule has 3 heterocycles. The summed E-state index contributed by atoms with van der Waals surface area (Å²) in [6.07, 6.45) is 0.755. The van der Waals surface area contributed by atoms with Crippen LogP contribution in [-0.4, -0.2) is 16.6 Å². The Bertz CT molecular complexity index is 882. The largest absolute Gasteiger partial charge is 0.274 e. The van der Waals surface area contributed by atoms with Crippen LogP contribution >= 0.6 is 22.7 Å². The fourth-order valence-corrected chi connectivity index (χ4v) is 4.31. The molecule has 3 nitrogen and oxygen atoms in total. The van der Waals surface area contributed by atoms with E-state index in [9.17, 15) is 4.79 Å². The number of hydrogen-bond acceptors (Lipinski definition) is 4. The molecule has 0 aliphatic carbocycles. The van der Waals surface area contributed by atoms with E-state index >= 15 is 0 Å². The first kappa shape index (κ1) is 15.3. The number of hydrogen-bond donors (Lipinski definition) is 0. The summed E-state index contributed by atoms with van der Waals surface area (Å²) in [5, 5.41) is 14.6. The maximum atomic E-state index is 13.0. The van der Waals surface area contributed by atoms with Gasteiger partial charge in [0, 0.05) is 17.5 Å². The highest BCUT2D eigenvalue weighted by Crippen LogP contribution is 2.35. The van der Waals surface area contributed by atoms with Crippen LogP contribution in [0.2, 0.25) is 0 Å². The summed E-state index contributed by atoms with van der Waals surface area (Å²) in [5.41, 5.74) is 5.00. The molecule has 120 valence electrons. The van der Waals surface area contributed by atoms with Gasteiger partial charge in [0.05, 0.1) is 11.8 Å². The van der Waals surface area contributed by atoms with Crippen LogP contribution in [0, 0.1) is 6.92 Å². The molecule has 5 heteroatoms. The smallest absolute Gasteiger partial charge is 0.267 e. The lowest BCUT2D eigenvalue weighted by Crippen LogP contribution is -2.26. The highest BCUT2D eigenvalue weighted by atomic mass is 32.1. The van der Waals surface area contributed by atoms with Crippen molar-refractivity contribution in [1.29, 1.82) is 0 Å². The number of carbonyl (C=O) groups excluding carboxylic acids is 1. The second kappa shape index (κ2) is 6.34. The van der Waals surface area contributed by atoms with E-state index in [1.165, 1.54) is 0 Å². The Labute approximate surface area is 148 Å². The quantitative estimate of drug-likeness (QED) is 0.645. The van der Waals surface area contributed by atoms with E-state index in [1.807, 2.05) is 41.9 Å². The predicted molar refractivity (Wildman–Crippen MR) is 99.9 cm³/mol. The molecule has 4 rings (SSSR count). The Hall–Kier alpha value is -2.24. The fraction of sp³-hybridized carbons (Fsp3) is 0.158. The third-order valence-electron chi connectivity index (χ3n) is 4.17. The minimum absolute atomic E-state index is 0.0286. The first-order valence-electron chi connectivity index (χ1n) is 7.75. The molecule has 0 fully saturated rings. The molecule has 0 saturated carbocycles. The number of benzene rings is 1. The van der Waals surface area contributed by atoms with Gasteiger partial charge in [0.25, 0.3) is 5.91 Å². The van der Waals surface area contributed by atoms with Crippen LogP contribution < -0.4 is 0 Å². The maximum absolute atomic E-state index is 13.0. The van der Waals surface area contributed by atoms with Crippen LogP contribution in [0.4, 0.5) is 0 Å². The molecule has 1 aromatic carbocycles. The van der Waals surface area contributed by atoms with E-state index in [0.29, 0.717) is 5.56 Å². The van der Waals surface area contributed by atoms with E-state index in [0.717, 1.165) is 28.8 Å². The maximum Gasteiger partial charge on any atom is 0.274 e. The number of thiophene rings is 2. The molecule has 0 radical (unpaired) electrons. The molecular formula is C19H16N2OS2. The Balaban J connectivity index is 1.72. The molecule has 0 saturated heterocycles. The van der Waals surface area contributed by atoms with E-state index < -0.39 is 0 Å². The van der Waals surface area contributed by atoms with Crippen molar-refractivity contribution in [2.45, 2.75) is 19.4 Å². The number of hydrazone groups is 1. The van der Waals surface area contributed by atoms with E-state index in [-0.39, 0.29) is 11.9 Å². The molecule has 0 bridgehead atoms. The van der Waals surface area contributed by atoms with Gasteiger partial charge in [-0.3, -0.25) is 4.79 Å². The minimum atomic E-state index is -0.0415. The number of carbonyl (C=O) groups is 1. The number of rotatable bonds is 3. The van der Waals surface area contributed by atoms with Gasteiger partial charge in [0.15, 0.2) is 0 Å². The molecule has 0 unspecified atom stereocenters. The van der Waals surface area contributed by atoms with Crippen LogP contribution in [0.15, 0.2) is 63.0 Å². The summed E-state index contributed by atoms with van der Waals surface area (Å²) in [7, 11) is 0. The predicted octanol–water partition coefficient (Wildman–Crippen LogP) is 5.11. The first-order valence-corrected chi connectivity index (χ1v) is 9.63. The van der Waals surface area contributed by atoms with Gasteiger partial charge < -0.3 is 0 Å². The summed E-state index contributed by atoms with van der Waals surface area (Å²) in [6, 6.07) is 11.8. The Morgan fingerprint density at radius 3 is 2.71 bits per heavy atom. The number of aryl methyl sites for hydroxylation is 1. The van der Waals surface area contributed by atoms with Crippen molar-refractivity contribution in [3.63, 3.8) is 0 Å².